The average Bonchev–Trinajstić information content (AvgIpc) is 2.26. The van der Waals surface area contributed by atoms with Crippen molar-refractivity contribution in [1.29, 1.82) is 0 Å². The first kappa shape index (κ1) is 14.6. The van der Waals surface area contributed by atoms with Gasteiger partial charge < -0.3 is 10.4 Å². The van der Waals surface area contributed by atoms with Gasteiger partial charge in [-0.25, -0.2) is 0 Å². The third-order valence-electron chi connectivity index (χ3n) is 2.40. The quantitative estimate of drug-likeness (QED) is 0.831. The summed E-state index contributed by atoms with van der Waals surface area (Å²) in [7, 11) is -0.820. The summed E-state index contributed by atoms with van der Waals surface area (Å²) in [6.07, 6.45) is 1.10. The van der Waals surface area contributed by atoms with Crippen LogP contribution < -0.4 is 5.32 Å². The minimum atomic E-state index is -0.820. The fourth-order valence-corrected chi connectivity index (χ4v) is 2.47. The highest BCUT2D eigenvalue weighted by Gasteiger charge is 2.10. The molecule has 0 heterocycles. The maximum atomic E-state index is 11.0. The number of halogens is 1. The van der Waals surface area contributed by atoms with Crippen molar-refractivity contribution in [2.45, 2.75) is 19.1 Å². The van der Waals surface area contributed by atoms with Crippen LogP contribution in [-0.2, 0) is 10.8 Å². The molecule has 17 heavy (non-hydrogen) atoms. The first-order chi connectivity index (χ1) is 7.99. The largest absolute Gasteiger partial charge is 0.387 e. The van der Waals surface area contributed by atoms with Gasteiger partial charge in [0, 0.05) is 40.4 Å². The van der Waals surface area contributed by atoms with Crippen molar-refractivity contribution in [2.75, 3.05) is 18.6 Å². The van der Waals surface area contributed by atoms with Gasteiger partial charge in [0.2, 0.25) is 0 Å². The molecule has 0 spiro atoms. The van der Waals surface area contributed by atoms with Gasteiger partial charge >= 0.3 is 0 Å². The first-order valence-electron chi connectivity index (χ1n) is 5.46. The molecule has 3 unspecified atom stereocenters. The molecule has 0 aliphatic carbocycles. The summed E-state index contributed by atoms with van der Waals surface area (Å²) in [4.78, 5) is 0. The normalized spacial score (nSPS) is 16.5. The summed E-state index contributed by atoms with van der Waals surface area (Å²) in [6, 6.07) is 7.24. The Morgan fingerprint density at radius 2 is 2.00 bits per heavy atom. The number of nitrogens with one attached hydrogen (secondary N) is 1. The zero-order valence-electron chi connectivity index (χ0n) is 10.0. The Kier molecular flexibility index (Phi) is 6.12. The fraction of sp³-hybridized carbons (Fsp3) is 0.500. The molecule has 0 saturated heterocycles. The zero-order chi connectivity index (χ0) is 12.8. The average molecular weight is 276 g/mol. The van der Waals surface area contributed by atoms with E-state index in [-0.39, 0.29) is 6.04 Å². The molecule has 0 aliphatic heterocycles. The fourth-order valence-electron chi connectivity index (χ4n) is 1.53. The van der Waals surface area contributed by atoms with E-state index >= 15 is 0 Å². The highest BCUT2D eigenvalue weighted by Crippen LogP contribution is 2.15. The molecule has 0 radical (unpaired) electrons. The van der Waals surface area contributed by atoms with Crippen molar-refractivity contribution in [2.24, 2.45) is 0 Å². The molecule has 0 saturated carbocycles. The standard InChI is InChI=1S/C12H18ClNO2S/c1-9(8-17(2)16)14-7-12(15)10-3-5-11(13)6-4-10/h3-6,9,12,14-15H,7-8H2,1-2H3. The van der Waals surface area contributed by atoms with Crippen LogP contribution in [0.4, 0.5) is 0 Å². The van der Waals surface area contributed by atoms with Crippen molar-refractivity contribution in [3.05, 3.63) is 34.9 Å². The van der Waals surface area contributed by atoms with E-state index in [9.17, 15) is 9.32 Å². The second kappa shape index (κ2) is 7.11. The summed E-state index contributed by atoms with van der Waals surface area (Å²) < 4.78 is 11.0. The minimum absolute atomic E-state index is 0.128. The Balaban J connectivity index is 2.41. The molecule has 5 heteroatoms. The van der Waals surface area contributed by atoms with Gasteiger partial charge in [0.15, 0.2) is 0 Å². The minimum Gasteiger partial charge on any atom is -0.387 e. The lowest BCUT2D eigenvalue weighted by Gasteiger charge is -2.16. The highest BCUT2D eigenvalue weighted by molar-refractivity contribution is 7.84. The first-order valence-corrected chi connectivity index (χ1v) is 7.56. The number of aliphatic hydroxyl groups is 1. The van der Waals surface area contributed by atoms with Crippen LogP contribution >= 0.6 is 11.6 Å². The molecule has 3 atom stereocenters. The highest BCUT2D eigenvalue weighted by atomic mass is 35.5. The molecule has 0 aliphatic rings. The summed E-state index contributed by atoms with van der Waals surface area (Å²) in [5, 5.41) is 13.7. The van der Waals surface area contributed by atoms with Gasteiger partial charge in [-0.1, -0.05) is 23.7 Å². The van der Waals surface area contributed by atoms with Crippen LogP contribution in [0.2, 0.25) is 5.02 Å². The predicted octanol–water partition coefficient (Wildman–Crippen LogP) is 1.73. The molecule has 2 N–H and O–H groups in total. The van der Waals surface area contributed by atoms with Gasteiger partial charge in [-0.05, 0) is 24.6 Å². The van der Waals surface area contributed by atoms with Crippen LogP contribution in [0.25, 0.3) is 0 Å². The lowest BCUT2D eigenvalue weighted by molar-refractivity contribution is 0.172. The van der Waals surface area contributed by atoms with E-state index in [2.05, 4.69) is 5.32 Å². The molecular formula is C12H18ClNO2S. The van der Waals surface area contributed by atoms with Gasteiger partial charge in [0.1, 0.15) is 0 Å². The Morgan fingerprint density at radius 3 is 2.53 bits per heavy atom. The molecule has 0 bridgehead atoms. The molecule has 0 aromatic heterocycles. The van der Waals surface area contributed by atoms with E-state index in [1.807, 2.05) is 6.92 Å². The van der Waals surface area contributed by atoms with Crippen LogP contribution in [0.3, 0.4) is 0 Å². The van der Waals surface area contributed by atoms with Gasteiger partial charge in [0.25, 0.3) is 0 Å². The topological polar surface area (TPSA) is 49.3 Å². The van der Waals surface area contributed by atoms with E-state index in [4.69, 9.17) is 11.6 Å². The summed E-state index contributed by atoms with van der Waals surface area (Å²) in [5.41, 5.74) is 0.826. The summed E-state index contributed by atoms with van der Waals surface area (Å²) in [6.45, 7) is 2.40. The van der Waals surface area contributed by atoms with Gasteiger partial charge in [0.05, 0.1) is 6.10 Å². The maximum absolute atomic E-state index is 11.0. The van der Waals surface area contributed by atoms with Crippen LogP contribution in [0.15, 0.2) is 24.3 Å². The van der Waals surface area contributed by atoms with Crippen molar-refractivity contribution < 1.29 is 9.32 Å². The van der Waals surface area contributed by atoms with E-state index in [1.54, 1.807) is 30.5 Å². The SMILES string of the molecule is CC(CS(C)=O)NCC(O)c1ccc(Cl)cc1. The number of rotatable bonds is 6. The Hall–Kier alpha value is -0.420. The predicted molar refractivity (Wildman–Crippen MR) is 72.8 cm³/mol. The molecule has 3 nitrogen and oxygen atoms in total. The molecule has 1 aromatic carbocycles. The van der Waals surface area contributed by atoms with Crippen LogP contribution in [0.5, 0.6) is 0 Å². The zero-order valence-corrected chi connectivity index (χ0v) is 11.6. The molecule has 0 fully saturated rings. The third kappa shape index (κ3) is 5.64. The van der Waals surface area contributed by atoms with Crippen molar-refractivity contribution in [3.63, 3.8) is 0 Å². The van der Waals surface area contributed by atoms with Gasteiger partial charge in [-0.3, -0.25) is 4.21 Å². The molecule has 96 valence electrons. The molecule has 0 amide bonds. The van der Waals surface area contributed by atoms with Crippen molar-refractivity contribution >= 4 is 22.4 Å². The Labute approximate surface area is 110 Å². The third-order valence-corrected chi connectivity index (χ3v) is 3.62. The number of hydrogen-bond donors (Lipinski definition) is 2. The summed E-state index contributed by atoms with van der Waals surface area (Å²) >= 11 is 5.77. The Bertz CT molecular complexity index is 369. The van der Waals surface area contributed by atoms with Gasteiger partial charge in [-0.15, -0.1) is 0 Å². The van der Waals surface area contributed by atoms with E-state index < -0.39 is 16.9 Å². The van der Waals surface area contributed by atoms with Crippen LogP contribution in [0, 0.1) is 0 Å². The number of hydrogen-bond acceptors (Lipinski definition) is 3. The second-order valence-corrected chi connectivity index (χ2v) is 6.03. The lowest BCUT2D eigenvalue weighted by Crippen LogP contribution is -2.34. The van der Waals surface area contributed by atoms with E-state index in [0.29, 0.717) is 17.3 Å². The molecule has 1 aromatic rings. The van der Waals surface area contributed by atoms with E-state index in [0.717, 1.165) is 5.56 Å². The van der Waals surface area contributed by atoms with Crippen LogP contribution in [0.1, 0.15) is 18.6 Å². The number of aliphatic hydroxyl groups excluding tert-OH is 1. The Morgan fingerprint density at radius 1 is 1.41 bits per heavy atom. The van der Waals surface area contributed by atoms with Crippen molar-refractivity contribution in [1.82, 2.24) is 5.32 Å². The van der Waals surface area contributed by atoms with E-state index in [1.165, 1.54) is 0 Å². The number of benzene rings is 1. The molecular weight excluding hydrogens is 258 g/mol. The van der Waals surface area contributed by atoms with Gasteiger partial charge in [-0.2, -0.15) is 0 Å². The van der Waals surface area contributed by atoms with Crippen molar-refractivity contribution in [3.8, 4) is 0 Å². The second-order valence-electron chi connectivity index (χ2n) is 4.12. The lowest BCUT2D eigenvalue weighted by atomic mass is 10.1. The van der Waals surface area contributed by atoms with Crippen LogP contribution in [-0.4, -0.2) is 33.9 Å². The maximum Gasteiger partial charge on any atom is 0.0914 e. The molecule has 1 rings (SSSR count). The monoisotopic (exact) mass is 275 g/mol. The smallest absolute Gasteiger partial charge is 0.0914 e. The summed E-state index contributed by atoms with van der Waals surface area (Å²) in [5.74, 6) is 0.591.